The zero-order valence-electron chi connectivity index (χ0n) is 10.8. The Morgan fingerprint density at radius 2 is 2.10 bits per heavy atom. The van der Waals surface area contributed by atoms with E-state index in [1.807, 2.05) is 12.1 Å². The molecule has 2 N–H and O–H groups in total. The first-order valence-corrected chi connectivity index (χ1v) is 7.30. The van der Waals surface area contributed by atoms with Crippen LogP contribution in [-0.2, 0) is 16.6 Å². The molecule has 0 atom stereocenters. The third-order valence-electron chi connectivity index (χ3n) is 2.63. The SMILES string of the molecule is CNS(=O)(=O)c1ccc(CNc2cccc(C#N)c2)o1. The Morgan fingerprint density at radius 1 is 1.30 bits per heavy atom. The summed E-state index contributed by atoms with van der Waals surface area (Å²) in [6.07, 6.45) is 0. The number of nitrogens with zero attached hydrogens (tertiary/aromatic N) is 1. The maximum Gasteiger partial charge on any atom is 0.273 e. The fourth-order valence-electron chi connectivity index (χ4n) is 1.59. The molecule has 7 heteroatoms. The molecule has 0 spiro atoms. The Kier molecular flexibility index (Phi) is 4.08. The summed E-state index contributed by atoms with van der Waals surface area (Å²) in [7, 11) is -2.24. The van der Waals surface area contributed by atoms with Crippen LogP contribution in [0, 0.1) is 11.3 Å². The quantitative estimate of drug-likeness (QED) is 0.873. The lowest BCUT2D eigenvalue weighted by atomic mass is 10.2. The summed E-state index contributed by atoms with van der Waals surface area (Å²) in [6, 6.07) is 12.0. The van der Waals surface area contributed by atoms with Crippen LogP contribution >= 0.6 is 0 Å². The Labute approximate surface area is 117 Å². The molecule has 0 aliphatic heterocycles. The smallest absolute Gasteiger partial charge is 0.273 e. The summed E-state index contributed by atoms with van der Waals surface area (Å²) in [6.45, 7) is 0.327. The van der Waals surface area contributed by atoms with Crippen molar-refractivity contribution in [2.75, 3.05) is 12.4 Å². The van der Waals surface area contributed by atoms with Crippen molar-refractivity contribution in [3.05, 3.63) is 47.7 Å². The highest BCUT2D eigenvalue weighted by Gasteiger charge is 2.16. The van der Waals surface area contributed by atoms with Crippen LogP contribution in [0.3, 0.4) is 0 Å². The van der Waals surface area contributed by atoms with Crippen LogP contribution in [0.1, 0.15) is 11.3 Å². The van der Waals surface area contributed by atoms with Gasteiger partial charge < -0.3 is 9.73 Å². The highest BCUT2D eigenvalue weighted by molar-refractivity contribution is 7.89. The van der Waals surface area contributed by atoms with Crippen molar-refractivity contribution in [3.8, 4) is 6.07 Å². The molecular weight excluding hydrogens is 278 g/mol. The van der Waals surface area contributed by atoms with Crippen molar-refractivity contribution < 1.29 is 12.8 Å². The third kappa shape index (κ3) is 3.17. The van der Waals surface area contributed by atoms with Crippen molar-refractivity contribution >= 4 is 15.7 Å². The minimum absolute atomic E-state index is 0.123. The molecule has 104 valence electrons. The van der Waals surface area contributed by atoms with E-state index < -0.39 is 10.0 Å². The van der Waals surface area contributed by atoms with Crippen molar-refractivity contribution in [2.45, 2.75) is 11.6 Å². The summed E-state index contributed by atoms with van der Waals surface area (Å²) in [4.78, 5) is 0. The Hall–Kier alpha value is -2.30. The Morgan fingerprint density at radius 3 is 2.80 bits per heavy atom. The van der Waals surface area contributed by atoms with E-state index in [1.54, 1.807) is 24.3 Å². The second-order valence-electron chi connectivity index (χ2n) is 3.97. The Bertz CT molecular complexity index is 744. The van der Waals surface area contributed by atoms with Gasteiger partial charge in [0.1, 0.15) is 5.76 Å². The summed E-state index contributed by atoms with van der Waals surface area (Å²) >= 11 is 0. The predicted octanol–water partition coefficient (Wildman–Crippen LogP) is 1.67. The second-order valence-corrected chi connectivity index (χ2v) is 5.79. The van der Waals surface area contributed by atoms with Crippen molar-refractivity contribution in [1.29, 1.82) is 5.26 Å². The molecule has 1 aromatic carbocycles. The lowest BCUT2D eigenvalue weighted by Crippen LogP contribution is -2.17. The fourth-order valence-corrected chi connectivity index (χ4v) is 2.25. The lowest BCUT2D eigenvalue weighted by Gasteiger charge is -2.04. The number of hydrogen-bond acceptors (Lipinski definition) is 5. The van der Waals surface area contributed by atoms with Gasteiger partial charge in [0.2, 0.25) is 5.09 Å². The van der Waals surface area contributed by atoms with Crippen LogP contribution in [0.15, 0.2) is 45.9 Å². The number of furan rings is 1. The maximum absolute atomic E-state index is 11.5. The molecule has 2 aromatic rings. The van der Waals surface area contributed by atoms with Crippen molar-refractivity contribution in [1.82, 2.24) is 4.72 Å². The largest absolute Gasteiger partial charge is 0.446 e. The van der Waals surface area contributed by atoms with E-state index in [1.165, 1.54) is 13.1 Å². The van der Waals surface area contributed by atoms with Gasteiger partial charge in [0, 0.05) is 5.69 Å². The van der Waals surface area contributed by atoms with Gasteiger partial charge in [-0.2, -0.15) is 5.26 Å². The molecule has 0 fully saturated rings. The highest BCUT2D eigenvalue weighted by atomic mass is 32.2. The first-order valence-electron chi connectivity index (χ1n) is 5.81. The van der Waals surface area contributed by atoms with Crippen LogP contribution in [0.4, 0.5) is 5.69 Å². The van der Waals surface area contributed by atoms with E-state index in [-0.39, 0.29) is 5.09 Å². The molecular formula is C13H13N3O3S. The number of sulfonamides is 1. The molecule has 0 saturated heterocycles. The first-order chi connectivity index (χ1) is 9.55. The molecule has 0 aliphatic carbocycles. The summed E-state index contributed by atoms with van der Waals surface area (Å²) < 4.78 is 30.4. The maximum atomic E-state index is 11.5. The van der Waals surface area contributed by atoms with E-state index in [0.717, 1.165) is 5.69 Å². The Balaban J connectivity index is 2.07. The van der Waals surface area contributed by atoms with E-state index in [4.69, 9.17) is 9.68 Å². The van der Waals surface area contributed by atoms with Crippen LogP contribution in [-0.4, -0.2) is 15.5 Å². The molecule has 1 heterocycles. The van der Waals surface area contributed by atoms with Gasteiger partial charge in [-0.1, -0.05) is 6.07 Å². The van der Waals surface area contributed by atoms with E-state index in [2.05, 4.69) is 10.0 Å². The average molecular weight is 291 g/mol. The average Bonchev–Trinajstić information content (AvgIpc) is 2.95. The van der Waals surface area contributed by atoms with E-state index in [0.29, 0.717) is 17.9 Å². The van der Waals surface area contributed by atoms with E-state index >= 15 is 0 Å². The van der Waals surface area contributed by atoms with Crippen LogP contribution in [0.25, 0.3) is 0 Å². The van der Waals surface area contributed by atoms with Gasteiger partial charge in [0.15, 0.2) is 0 Å². The van der Waals surface area contributed by atoms with Gasteiger partial charge in [0.25, 0.3) is 10.0 Å². The van der Waals surface area contributed by atoms with Crippen LogP contribution in [0.2, 0.25) is 0 Å². The summed E-state index contributed by atoms with van der Waals surface area (Å²) in [5.74, 6) is 0.487. The molecule has 0 aliphatic rings. The van der Waals surface area contributed by atoms with Gasteiger partial charge in [-0.05, 0) is 37.4 Å². The van der Waals surface area contributed by atoms with E-state index in [9.17, 15) is 8.42 Å². The molecule has 0 radical (unpaired) electrons. The number of hydrogen-bond donors (Lipinski definition) is 2. The van der Waals surface area contributed by atoms with Gasteiger partial charge in [-0.15, -0.1) is 0 Å². The molecule has 0 saturated carbocycles. The molecule has 0 amide bonds. The van der Waals surface area contributed by atoms with Gasteiger partial charge in [0.05, 0.1) is 18.2 Å². The second kappa shape index (κ2) is 5.77. The topological polar surface area (TPSA) is 95.1 Å². The number of rotatable bonds is 5. The number of nitriles is 1. The lowest BCUT2D eigenvalue weighted by molar-refractivity contribution is 0.417. The van der Waals surface area contributed by atoms with Crippen molar-refractivity contribution in [3.63, 3.8) is 0 Å². The third-order valence-corrected chi connectivity index (χ3v) is 3.92. The highest BCUT2D eigenvalue weighted by Crippen LogP contribution is 2.16. The van der Waals surface area contributed by atoms with Gasteiger partial charge >= 0.3 is 0 Å². The number of anilines is 1. The predicted molar refractivity (Wildman–Crippen MR) is 73.4 cm³/mol. The summed E-state index contributed by atoms with van der Waals surface area (Å²) in [5, 5.41) is 11.7. The molecule has 0 bridgehead atoms. The zero-order valence-corrected chi connectivity index (χ0v) is 11.6. The molecule has 2 rings (SSSR count). The minimum Gasteiger partial charge on any atom is -0.446 e. The molecule has 6 nitrogen and oxygen atoms in total. The van der Waals surface area contributed by atoms with Gasteiger partial charge in [-0.25, -0.2) is 13.1 Å². The standard InChI is InChI=1S/C13H13N3O3S/c1-15-20(17,18)13-6-5-12(19-13)9-16-11-4-2-3-10(7-11)8-14/h2-7,15-16H,9H2,1H3. The molecule has 20 heavy (non-hydrogen) atoms. The summed E-state index contributed by atoms with van der Waals surface area (Å²) in [5.41, 5.74) is 1.31. The normalized spacial score (nSPS) is 11.0. The minimum atomic E-state index is -3.56. The zero-order chi connectivity index (χ0) is 14.6. The number of benzene rings is 1. The monoisotopic (exact) mass is 291 g/mol. The van der Waals surface area contributed by atoms with Crippen LogP contribution < -0.4 is 10.0 Å². The van der Waals surface area contributed by atoms with Crippen molar-refractivity contribution in [2.24, 2.45) is 0 Å². The first kappa shape index (κ1) is 14.1. The molecule has 1 aromatic heterocycles. The number of nitrogens with one attached hydrogen (secondary N) is 2. The van der Waals surface area contributed by atoms with Crippen LogP contribution in [0.5, 0.6) is 0 Å². The fraction of sp³-hybridized carbons (Fsp3) is 0.154. The molecule has 0 unspecified atom stereocenters. The van der Waals surface area contributed by atoms with Gasteiger partial charge in [-0.3, -0.25) is 0 Å².